The van der Waals surface area contributed by atoms with Crippen LogP contribution in [0.1, 0.15) is 19.3 Å². The van der Waals surface area contributed by atoms with Crippen LogP contribution in [-0.4, -0.2) is 16.4 Å². The molecule has 1 aromatic carbocycles. The third kappa shape index (κ3) is 2.82. The summed E-state index contributed by atoms with van der Waals surface area (Å²) in [6.07, 6.45) is 3.92. The predicted octanol–water partition coefficient (Wildman–Crippen LogP) is 3.61. The number of nitrogen functional groups attached to an aromatic ring is 1. The molecular formula is C15H18BrN3O. The monoisotopic (exact) mass is 335 g/mol. The normalized spacial score (nSPS) is 15.1. The second-order valence-corrected chi connectivity index (χ2v) is 6.28. The van der Waals surface area contributed by atoms with Crippen molar-refractivity contribution in [3.63, 3.8) is 0 Å². The van der Waals surface area contributed by atoms with Gasteiger partial charge < -0.3 is 10.5 Å². The van der Waals surface area contributed by atoms with Crippen molar-refractivity contribution in [3.05, 3.63) is 28.7 Å². The van der Waals surface area contributed by atoms with Crippen LogP contribution in [-0.2, 0) is 7.05 Å². The maximum Gasteiger partial charge on any atom is 0.121 e. The number of anilines is 1. The standard InChI is InChI=1S/C15H18BrN3O/c1-19-15(17)8-14(18-19)11-5-12(16)7-13(6-11)20-9-10-3-2-4-10/h5-8,10H,2-4,9,17H2,1H3. The number of nitrogens with two attached hydrogens (primary N) is 1. The molecular weight excluding hydrogens is 318 g/mol. The zero-order valence-electron chi connectivity index (χ0n) is 11.5. The van der Waals surface area contributed by atoms with Gasteiger partial charge in [-0.15, -0.1) is 0 Å². The minimum Gasteiger partial charge on any atom is -0.493 e. The van der Waals surface area contributed by atoms with Gasteiger partial charge in [-0.1, -0.05) is 22.4 Å². The van der Waals surface area contributed by atoms with Gasteiger partial charge in [-0.05, 0) is 37.0 Å². The fourth-order valence-electron chi connectivity index (χ4n) is 2.29. The van der Waals surface area contributed by atoms with Gasteiger partial charge >= 0.3 is 0 Å². The summed E-state index contributed by atoms with van der Waals surface area (Å²) in [5.74, 6) is 2.25. The Hall–Kier alpha value is -1.49. The van der Waals surface area contributed by atoms with Gasteiger partial charge in [-0.25, -0.2) is 0 Å². The number of aromatic nitrogens is 2. The Morgan fingerprint density at radius 1 is 1.35 bits per heavy atom. The number of aryl methyl sites for hydroxylation is 1. The number of halogens is 1. The minimum atomic E-state index is 0.650. The highest BCUT2D eigenvalue weighted by Crippen LogP contribution is 2.31. The van der Waals surface area contributed by atoms with Gasteiger partial charge in [0, 0.05) is 23.2 Å². The molecule has 1 aromatic heterocycles. The van der Waals surface area contributed by atoms with Crippen molar-refractivity contribution in [2.75, 3.05) is 12.3 Å². The van der Waals surface area contributed by atoms with E-state index in [0.29, 0.717) is 5.82 Å². The molecule has 0 aliphatic heterocycles. The number of hydrogen-bond acceptors (Lipinski definition) is 3. The predicted molar refractivity (Wildman–Crippen MR) is 83.6 cm³/mol. The lowest BCUT2D eigenvalue weighted by Gasteiger charge is -2.25. The van der Waals surface area contributed by atoms with Crippen LogP contribution in [0.15, 0.2) is 28.7 Å². The minimum absolute atomic E-state index is 0.650. The second kappa shape index (κ2) is 5.48. The number of hydrogen-bond donors (Lipinski definition) is 1. The maximum absolute atomic E-state index is 5.89. The Morgan fingerprint density at radius 3 is 2.75 bits per heavy atom. The Balaban J connectivity index is 1.81. The molecule has 1 aliphatic carbocycles. The summed E-state index contributed by atoms with van der Waals surface area (Å²) >= 11 is 3.53. The van der Waals surface area contributed by atoms with Crippen molar-refractivity contribution in [3.8, 4) is 17.0 Å². The van der Waals surface area contributed by atoms with Crippen LogP contribution in [0.4, 0.5) is 5.82 Å². The number of benzene rings is 1. The van der Waals surface area contributed by atoms with Gasteiger partial charge in [0.15, 0.2) is 0 Å². The summed E-state index contributed by atoms with van der Waals surface area (Å²) in [5, 5.41) is 4.40. The van der Waals surface area contributed by atoms with Crippen LogP contribution in [0.25, 0.3) is 11.3 Å². The smallest absolute Gasteiger partial charge is 0.121 e. The summed E-state index contributed by atoms with van der Waals surface area (Å²) in [6.45, 7) is 0.806. The first-order valence-electron chi connectivity index (χ1n) is 6.85. The maximum atomic E-state index is 5.89. The van der Waals surface area contributed by atoms with Crippen LogP contribution in [0.2, 0.25) is 0 Å². The third-order valence-corrected chi connectivity index (χ3v) is 4.25. The van der Waals surface area contributed by atoms with Crippen LogP contribution >= 0.6 is 15.9 Å². The molecule has 1 saturated carbocycles. The lowest BCUT2D eigenvalue weighted by Crippen LogP contribution is -2.19. The van der Waals surface area contributed by atoms with Gasteiger partial charge in [0.2, 0.25) is 0 Å². The summed E-state index contributed by atoms with van der Waals surface area (Å²) in [5.41, 5.74) is 7.71. The number of rotatable bonds is 4. The van der Waals surface area contributed by atoms with Crippen molar-refractivity contribution in [2.24, 2.45) is 13.0 Å². The molecule has 0 radical (unpaired) electrons. The van der Waals surface area contributed by atoms with Crippen molar-refractivity contribution in [2.45, 2.75) is 19.3 Å². The van der Waals surface area contributed by atoms with E-state index in [1.807, 2.05) is 31.3 Å². The van der Waals surface area contributed by atoms with E-state index in [-0.39, 0.29) is 0 Å². The highest BCUT2D eigenvalue weighted by Gasteiger charge is 2.18. The molecule has 2 N–H and O–H groups in total. The lowest BCUT2D eigenvalue weighted by atomic mass is 9.86. The highest BCUT2D eigenvalue weighted by atomic mass is 79.9. The van der Waals surface area contributed by atoms with Gasteiger partial charge in [0.25, 0.3) is 0 Å². The van der Waals surface area contributed by atoms with E-state index in [2.05, 4.69) is 21.0 Å². The zero-order chi connectivity index (χ0) is 14.1. The molecule has 0 bridgehead atoms. The Labute approximate surface area is 127 Å². The van der Waals surface area contributed by atoms with E-state index in [9.17, 15) is 0 Å². The molecule has 0 amide bonds. The molecule has 1 fully saturated rings. The van der Waals surface area contributed by atoms with Crippen LogP contribution in [0.3, 0.4) is 0 Å². The van der Waals surface area contributed by atoms with E-state index in [1.54, 1.807) is 4.68 Å². The summed E-state index contributed by atoms with van der Waals surface area (Å²) in [7, 11) is 1.84. The molecule has 106 valence electrons. The SMILES string of the molecule is Cn1nc(-c2cc(Br)cc(OCC3CCC3)c2)cc1N. The molecule has 1 heterocycles. The molecule has 20 heavy (non-hydrogen) atoms. The van der Waals surface area contributed by atoms with E-state index in [4.69, 9.17) is 10.5 Å². The van der Waals surface area contributed by atoms with Crippen LogP contribution in [0.5, 0.6) is 5.75 Å². The molecule has 5 heteroatoms. The summed E-state index contributed by atoms with van der Waals surface area (Å²) < 4.78 is 8.55. The van der Waals surface area contributed by atoms with Crippen LogP contribution < -0.4 is 10.5 Å². The van der Waals surface area contributed by atoms with Gasteiger partial charge in [-0.2, -0.15) is 5.10 Å². The lowest BCUT2D eigenvalue weighted by molar-refractivity contribution is 0.180. The van der Waals surface area contributed by atoms with Gasteiger partial charge in [-0.3, -0.25) is 4.68 Å². The molecule has 0 atom stereocenters. The van der Waals surface area contributed by atoms with Crippen molar-refractivity contribution in [1.82, 2.24) is 9.78 Å². The molecule has 4 nitrogen and oxygen atoms in total. The van der Waals surface area contributed by atoms with E-state index < -0.39 is 0 Å². The first-order valence-corrected chi connectivity index (χ1v) is 7.64. The second-order valence-electron chi connectivity index (χ2n) is 5.36. The molecule has 0 unspecified atom stereocenters. The average molecular weight is 336 g/mol. The quantitative estimate of drug-likeness (QED) is 0.928. The molecule has 0 spiro atoms. The number of ether oxygens (including phenoxy) is 1. The summed E-state index contributed by atoms with van der Waals surface area (Å²) in [6, 6.07) is 7.91. The van der Waals surface area contributed by atoms with E-state index in [0.717, 1.165) is 34.0 Å². The molecule has 2 aromatic rings. The Bertz CT molecular complexity index is 600. The average Bonchev–Trinajstić information content (AvgIpc) is 2.67. The first-order chi connectivity index (χ1) is 9.61. The topological polar surface area (TPSA) is 53.1 Å². The zero-order valence-corrected chi connectivity index (χ0v) is 13.1. The fourth-order valence-corrected chi connectivity index (χ4v) is 2.76. The number of nitrogens with zero attached hydrogens (tertiary/aromatic N) is 2. The fraction of sp³-hybridized carbons (Fsp3) is 0.400. The largest absolute Gasteiger partial charge is 0.493 e. The summed E-state index contributed by atoms with van der Waals surface area (Å²) in [4.78, 5) is 0. The van der Waals surface area contributed by atoms with E-state index in [1.165, 1.54) is 19.3 Å². The van der Waals surface area contributed by atoms with Gasteiger partial charge in [0.1, 0.15) is 11.6 Å². The van der Waals surface area contributed by atoms with Crippen LogP contribution in [0, 0.1) is 5.92 Å². The Morgan fingerprint density at radius 2 is 2.15 bits per heavy atom. The van der Waals surface area contributed by atoms with Crippen molar-refractivity contribution < 1.29 is 4.74 Å². The third-order valence-electron chi connectivity index (χ3n) is 3.79. The molecule has 3 rings (SSSR count). The Kier molecular flexibility index (Phi) is 3.70. The first kappa shape index (κ1) is 13.5. The molecule has 1 aliphatic rings. The van der Waals surface area contributed by atoms with E-state index >= 15 is 0 Å². The van der Waals surface area contributed by atoms with Crippen molar-refractivity contribution >= 4 is 21.7 Å². The molecule has 0 saturated heterocycles. The highest BCUT2D eigenvalue weighted by molar-refractivity contribution is 9.10. The van der Waals surface area contributed by atoms with Gasteiger partial charge in [0.05, 0.1) is 12.3 Å². The van der Waals surface area contributed by atoms with Crippen molar-refractivity contribution in [1.29, 1.82) is 0 Å².